The number of likely N-dealkylation sites (tertiary alicyclic amines) is 1. The van der Waals surface area contributed by atoms with Gasteiger partial charge in [0, 0.05) is 49.3 Å². The molecule has 1 saturated carbocycles. The van der Waals surface area contributed by atoms with Crippen LogP contribution >= 0.6 is 0 Å². The Labute approximate surface area is 264 Å². The summed E-state index contributed by atoms with van der Waals surface area (Å²) in [5.74, 6) is 0.915. The number of nitriles is 1. The van der Waals surface area contributed by atoms with Gasteiger partial charge in [-0.3, -0.25) is 4.90 Å². The summed E-state index contributed by atoms with van der Waals surface area (Å²) in [6, 6.07) is 7.72. The minimum absolute atomic E-state index is 0.123. The number of nitrogens with zero attached hydrogens (tertiary/aromatic N) is 7. The van der Waals surface area contributed by atoms with Gasteiger partial charge in [0.05, 0.1) is 35.1 Å². The normalized spacial score (nSPS) is 22.6. The maximum Gasteiger partial charge on any atom is 0.318 e. The van der Waals surface area contributed by atoms with Gasteiger partial charge >= 0.3 is 6.01 Å². The van der Waals surface area contributed by atoms with Gasteiger partial charge in [0.25, 0.3) is 0 Å². The van der Waals surface area contributed by atoms with Crippen LogP contribution in [0.5, 0.6) is 6.01 Å². The lowest BCUT2D eigenvalue weighted by Gasteiger charge is -2.50. The van der Waals surface area contributed by atoms with Gasteiger partial charge in [0.2, 0.25) is 0 Å². The Hall–Kier alpha value is -4.01. The Morgan fingerprint density at radius 2 is 1.98 bits per heavy atom. The van der Waals surface area contributed by atoms with E-state index in [2.05, 4.69) is 32.7 Å². The molecule has 1 saturated heterocycles. The molecular formula is C34H42FN9O. The molecule has 2 aliphatic heterocycles. The van der Waals surface area contributed by atoms with Gasteiger partial charge in [-0.05, 0) is 88.8 Å². The average Bonchev–Trinajstić information content (AvgIpc) is 3.78. The highest BCUT2D eigenvalue weighted by atomic mass is 19.1. The number of likely N-dealkylation sites (N-methyl/N-ethyl adjacent to an activating group) is 1. The van der Waals surface area contributed by atoms with Crippen LogP contribution in [0.2, 0.25) is 0 Å². The zero-order valence-corrected chi connectivity index (χ0v) is 26.4. The van der Waals surface area contributed by atoms with E-state index in [4.69, 9.17) is 26.2 Å². The topological polar surface area (TPSA) is 133 Å². The number of nitrogens with two attached hydrogens (primary N) is 2. The quantitative estimate of drug-likeness (QED) is 0.355. The van der Waals surface area contributed by atoms with Crippen LogP contribution in [-0.4, -0.2) is 65.1 Å². The molecule has 1 aromatic carbocycles. The average molecular weight is 612 g/mol. The molecule has 11 heteroatoms. The van der Waals surface area contributed by atoms with E-state index in [0.29, 0.717) is 54.5 Å². The van der Waals surface area contributed by atoms with Gasteiger partial charge in [-0.15, -0.1) is 0 Å². The fourth-order valence-corrected chi connectivity index (χ4v) is 7.72. The summed E-state index contributed by atoms with van der Waals surface area (Å²) < 4.78 is 21.9. The maximum atomic E-state index is 15.4. The highest BCUT2D eigenvalue weighted by Crippen LogP contribution is 2.50. The lowest BCUT2D eigenvalue weighted by molar-refractivity contribution is 0.0710. The predicted molar refractivity (Wildman–Crippen MR) is 171 cm³/mol. The van der Waals surface area contributed by atoms with Crippen molar-refractivity contribution < 1.29 is 9.13 Å². The van der Waals surface area contributed by atoms with Crippen molar-refractivity contribution in [1.82, 2.24) is 24.8 Å². The molecule has 10 nitrogen and oxygen atoms in total. The fraction of sp³-hybridized carbons (Fsp3) is 0.529. The first-order valence-corrected chi connectivity index (χ1v) is 16.1. The summed E-state index contributed by atoms with van der Waals surface area (Å²) in [6.07, 6.45) is 7.89. The highest BCUT2D eigenvalue weighted by molar-refractivity contribution is 5.64. The molecule has 1 spiro atoms. The molecule has 0 unspecified atom stereocenters. The number of pyridine rings is 1. The first kappa shape index (κ1) is 29.7. The van der Waals surface area contributed by atoms with Crippen molar-refractivity contribution in [3.05, 3.63) is 63.7 Å². The number of hydrogen-bond donors (Lipinski definition) is 2. The number of hydrogen-bond acceptors (Lipinski definition) is 10. The molecule has 4 N–H and O–H groups in total. The summed E-state index contributed by atoms with van der Waals surface area (Å²) in [5.41, 5.74) is 16.7. The minimum atomic E-state index is -0.627. The first-order valence-electron chi connectivity index (χ1n) is 16.1. The van der Waals surface area contributed by atoms with Crippen LogP contribution in [-0.2, 0) is 24.9 Å². The van der Waals surface area contributed by atoms with Crippen LogP contribution < -0.4 is 21.1 Å². The van der Waals surface area contributed by atoms with E-state index in [1.807, 2.05) is 26.2 Å². The molecule has 4 heterocycles. The number of rotatable bonds is 8. The van der Waals surface area contributed by atoms with Crippen LogP contribution in [0.15, 0.2) is 24.4 Å². The lowest BCUT2D eigenvalue weighted by Crippen LogP contribution is -2.51. The molecule has 4 aliphatic rings. The van der Waals surface area contributed by atoms with Crippen molar-refractivity contribution in [1.29, 1.82) is 5.26 Å². The van der Waals surface area contributed by atoms with Gasteiger partial charge in [-0.25, -0.2) is 9.37 Å². The molecule has 236 valence electrons. The number of ether oxygens (including phenoxy) is 1. The van der Waals surface area contributed by atoms with E-state index in [1.54, 1.807) is 6.20 Å². The van der Waals surface area contributed by atoms with Gasteiger partial charge < -0.3 is 26.0 Å². The van der Waals surface area contributed by atoms with Crippen molar-refractivity contribution in [2.75, 3.05) is 56.7 Å². The maximum absolute atomic E-state index is 15.4. The number of benzene rings is 1. The predicted octanol–water partition coefficient (Wildman–Crippen LogP) is 4.33. The number of aromatic nitrogens is 3. The van der Waals surface area contributed by atoms with E-state index in [9.17, 15) is 5.26 Å². The van der Waals surface area contributed by atoms with Gasteiger partial charge in [-0.2, -0.15) is 15.2 Å². The third-order valence-electron chi connectivity index (χ3n) is 10.9. The Bertz CT molecular complexity index is 1680. The number of anilines is 3. The third kappa shape index (κ3) is 5.04. The van der Waals surface area contributed by atoms with Gasteiger partial charge in [0.1, 0.15) is 23.5 Å². The highest BCUT2D eigenvalue weighted by Gasteiger charge is 2.49. The molecule has 7 rings (SSSR count). The van der Waals surface area contributed by atoms with Crippen LogP contribution in [0.25, 0.3) is 0 Å². The third-order valence-corrected chi connectivity index (χ3v) is 10.9. The zero-order valence-electron chi connectivity index (χ0n) is 26.4. The van der Waals surface area contributed by atoms with Crippen molar-refractivity contribution >= 4 is 17.3 Å². The summed E-state index contributed by atoms with van der Waals surface area (Å²) in [5, 5.41) is 10.2. The standard InChI is InChI=1S/C34H42FN9O/c1-21(22-8-5-12-39-30(22)38)43(3)31-25-18-42(2)34(9-4-7-23-26(35)15-27(37)24(17-36)29(23)34)16-28(25)40-32(41-31)45-20-33(10-11-33)19-44-13-6-14-44/h5,8,12,15,21H,4,6-7,9-11,13-14,16,18-20,37H2,1-3H3,(H2,38,39)/t21-,34-/m1/s1. The summed E-state index contributed by atoms with van der Waals surface area (Å²) in [7, 11) is 4.06. The Morgan fingerprint density at radius 3 is 2.67 bits per heavy atom. The second-order valence-electron chi connectivity index (χ2n) is 13.6. The Kier molecular flexibility index (Phi) is 7.33. The summed E-state index contributed by atoms with van der Waals surface area (Å²) in [4.78, 5) is 21.3. The second kappa shape index (κ2) is 11.1. The van der Waals surface area contributed by atoms with Crippen LogP contribution in [0, 0.1) is 22.6 Å². The Morgan fingerprint density at radius 1 is 1.18 bits per heavy atom. The van der Waals surface area contributed by atoms with Crippen molar-refractivity contribution in [3.63, 3.8) is 0 Å². The fourth-order valence-electron chi connectivity index (χ4n) is 7.72. The van der Waals surface area contributed by atoms with E-state index in [0.717, 1.165) is 68.0 Å². The molecule has 3 aromatic rings. The molecule has 2 aliphatic carbocycles. The Balaban J connectivity index is 1.30. The van der Waals surface area contributed by atoms with E-state index < -0.39 is 5.54 Å². The number of halogens is 1. The minimum Gasteiger partial charge on any atom is -0.463 e. The van der Waals surface area contributed by atoms with Crippen LogP contribution in [0.3, 0.4) is 0 Å². The van der Waals surface area contributed by atoms with Crippen molar-refractivity contribution in [3.8, 4) is 12.1 Å². The smallest absolute Gasteiger partial charge is 0.318 e. The number of nitrogen functional groups attached to an aromatic ring is 2. The monoisotopic (exact) mass is 611 g/mol. The number of fused-ring (bicyclic) bond motifs is 3. The largest absolute Gasteiger partial charge is 0.463 e. The molecule has 45 heavy (non-hydrogen) atoms. The first-order chi connectivity index (χ1) is 21.6. The summed E-state index contributed by atoms with van der Waals surface area (Å²) >= 11 is 0. The summed E-state index contributed by atoms with van der Waals surface area (Å²) in [6.45, 7) is 6.55. The molecule has 2 atom stereocenters. The van der Waals surface area contributed by atoms with Crippen LogP contribution in [0.4, 0.5) is 21.7 Å². The molecule has 0 amide bonds. The molecule has 2 fully saturated rings. The van der Waals surface area contributed by atoms with Crippen molar-refractivity contribution in [2.24, 2.45) is 5.41 Å². The van der Waals surface area contributed by atoms with E-state index in [-0.39, 0.29) is 23.0 Å². The van der Waals surface area contributed by atoms with E-state index >= 15 is 4.39 Å². The molecular weight excluding hydrogens is 569 g/mol. The van der Waals surface area contributed by atoms with Gasteiger partial charge in [0.15, 0.2) is 0 Å². The van der Waals surface area contributed by atoms with Crippen molar-refractivity contribution in [2.45, 2.75) is 70.0 Å². The molecule has 0 radical (unpaired) electrons. The second-order valence-corrected chi connectivity index (χ2v) is 13.6. The zero-order chi connectivity index (χ0) is 31.5. The van der Waals surface area contributed by atoms with E-state index in [1.165, 1.54) is 12.5 Å². The lowest BCUT2D eigenvalue weighted by atomic mass is 9.68. The molecule has 0 bridgehead atoms. The molecule has 2 aromatic heterocycles. The SMILES string of the molecule is C[C@H](c1cccnc1N)N(C)c1nc(OCC2(CN3CCC3)CC2)nc2c1CN(C)[C@]1(CCCc3c(F)cc(N)c(C#N)c31)C2. The van der Waals surface area contributed by atoms with Gasteiger partial charge in [-0.1, -0.05) is 6.07 Å². The van der Waals surface area contributed by atoms with Crippen LogP contribution in [0.1, 0.15) is 78.6 Å².